The van der Waals surface area contributed by atoms with E-state index in [-0.39, 0.29) is 11.9 Å². The Bertz CT molecular complexity index is 465. The molecular formula is C14H20F3N3. The molecule has 0 radical (unpaired) electrons. The Morgan fingerprint density at radius 1 is 1.20 bits per heavy atom. The maximum Gasteiger partial charge on any atom is 0.416 e. The molecule has 0 spiro atoms. The van der Waals surface area contributed by atoms with E-state index >= 15 is 0 Å². The number of nitrogen functional groups attached to an aromatic ring is 1. The summed E-state index contributed by atoms with van der Waals surface area (Å²) in [6.07, 6.45) is -0.231. The number of anilines is 2. The Morgan fingerprint density at radius 3 is 2.35 bits per heavy atom. The van der Waals surface area contributed by atoms with Crippen LogP contribution in [0.2, 0.25) is 0 Å². The van der Waals surface area contributed by atoms with E-state index in [1.807, 2.05) is 4.90 Å². The average molecular weight is 287 g/mol. The van der Waals surface area contributed by atoms with Crippen molar-refractivity contribution in [3.63, 3.8) is 0 Å². The van der Waals surface area contributed by atoms with E-state index in [9.17, 15) is 13.2 Å². The van der Waals surface area contributed by atoms with E-state index < -0.39 is 11.7 Å². The Kier molecular flexibility index (Phi) is 4.11. The summed E-state index contributed by atoms with van der Waals surface area (Å²) in [5.74, 6) is 0.905. The second-order valence-electron chi connectivity index (χ2n) is 5.66. The molecule has 0 unspecified atom stereocenters. The van der Waals surface area contributed by atoms with Crippen molar-refractivity contribution < 1.29 is 13.2 Å². The zero-order valence-electron chi connectivity index (χ0n) is 11.7. The van der Waals surface area contributed by atoms with Crippen LogP contribution in [-0.4, -0.2) is 18.1 Å². The highest BCUT2D eigenvalue weighted by Gasteiger charge is 2.32. The molecule has 1 fully saturated rings. The van der Waals surface area contributed by atoms with Gasteiger partial charge in [0.05, 0.1) is 5.56 Å². The summed E-state index contributed by atoms with van der Waals surface area (Å²) < 4.78 is 38.4. The number of nitrogens with two attached hydrogens (primary N) is 1. The van der Waals surface area contributed by atoms with E-state index in [1.54, 1.807) is 7.05 Å². The van der Waals surface area contributed by atoms with Gasteiger partial charge in [0.2, 0.25) is 0 Å². The first-order valence-corrected chi connectivity index (χ1v) is 6.85. The predicted octanol–water partition coefficient (Wildman–Crippen LogP) is 3.70. The van der Waals surface area contributed by atoms with E-state index in [1.165, 1.54) is 0 Å². The van der Waals surface area contributed by atoms with Gasteiger partial charge < -0.3 is 10.6 Å². The van der Waals surface area contributed by atoms with E-state index in [0.29, 0.717) is 11.7 Å². The quantitative estimate of drug-likeness (QED) is 0.902. The second kappa shape index (κ2) is 5.50. The number of rotatable bonds is 2. The van der Waals surface area contributed by atoms with Crippen molar-refractivity contribution in [3.8, 4) is 0 Å². The topological polar surface area (TPSA) is 42.1 Å². The molecule has 1 aromatic rings. The molecule has 0 aliphatic heterocycles. The van der Waals surface area contributed by atoms with Gasteiger partial charge >= 0.3 is 6.18 Å². The highest BCUT2D eigenvalue weighted by atomic mass is 19.4. The van der Waals surface area contributed by atoms with Gasteiger partial charge in [-0.25, -0.2) is 4.98 Å². The summed E-state index contributed by atoms with van der Waals surface area (Å²) in [5.41, 5.74) is 4.77. The Balaban J connectivity index is 2.21. The number of alkyl halides is 3. The summed E-state index contributed by atoms with van der Waals surface area (Å²) in [7, 11) is 1.79. The molecule has 1 aliphatic rings. The molecule has 1 saturated carbocycles. The normalized spacial score (nSPS) is 23.6. The monoisotopic (exact) mass is 287 g/mol. The Labute approximate surface area is 117 Å². The third-order valence-electron chi connectivity index (χ3n) is 4.05. The van der Waals surface area contributed by atoms with Crippen LogP contribution in [0.3, 0.4) is 0 Å². The lowest BCUT2D eigenvalue weighted by molar-refractivity contribution is -0.137. The average Bonchev–Trinajstić information content (AvgIpc) is 2.37. The minimum Gasteiger partial charge on any atom is -0.384 e. The summed E-state index contributed by atoms with van der Waals surface area (Å²) >= 11 is 0. The molecule has 0 atom stereocenters. The SMILES string of the molecule is CC1CCC(N(C)c2cc(C(F)(F)F)cc(N)n2)CC1. The summed E-state index contributed by atoms with van der Waals surface area (Å²) in [6, 6.07) is 2.19. The number of aromatic nitrogens is 1. The van der Waals surface area contributed by atoms with Crippen molar-refractivity contribution in [1.29, 1.82) is 0 Å². The minimum absolute atomic E-state index is 0.0918. The van der Waals surface area contributed by atoms with Crippen molar-refractivity contribution in [2.75, 3.05) is 17.7 Å². The zero-order valence-corrected chi connectivity index (χ0v) is 11.7. The van der Waals surface area contributed by atoms with Crippen LogP contribution in [0.4, 0.5) is 24.8 Å². The molecule has 1 aliphatic carbocycles. The summed E-state index contributed by atoms with van der Waals surface area (Å²) in [5, 5.41) is 0. The van der Waals surface area contributed by atoms with Crippen LogP contribution < -0.4 is 10.6 Å². The first-order valence-electron chi connectivity index (χ1n) is 6.85. The number of halogens is 3. The van der Waals surface area contributed by atoms with Gasteiger partial charge in [0, 0.05) is 13.1 Å². The lowest BCUT2D eigenvalue weighted by Crippen LogP contribution is -2.35. The second-order valence-corrected chi connectivity index (χ2v) is 5.66. The van der Waals surface area contributed by atoms with Crippen LogP contribution >= 0.6 is 0 Å². The minimum atomic E-state index is -4.40. The van der Waals surface area contributed by atoms with Gasteiger partial charge in [0.1, 0.15) is 11.6 Å². The van der Waals surface area contributed by atoms with Crippen molar-refractivity contribution in [1.82, 2.24) is 4.98 Å². The molecule has 0 aromatic carbocycles. The number of pyridine rings is 1. The van der Waals surface area contributed by atoms with Crippen molar-refractivity contribution in [2.45, 2.75) is 44.8 Å². The van der Waals surface area contributed by atoms with Gasteiger partial charge in [0.25, 0.3) is 0 Å². The van der Waals surface area contributed by atoms with E-state index in [4.69, 9.17) is 5.73 Å². The molecule has 2 rings (SSSR count). The van der Waals surface area contributed by atoms with Crippen LogP contribution in [0, 0.1) is 5.92 Å². The van der Waals surface area contributed by atoms with Crippen LogP contribution in [0.15, 0.2) is 12.1 Å². The molecule has 20 heavy (non-hydrogen) atoms. The number of hydrogen-bond donors (Lipinski definition) is 1. The van der Waals surface area contributed by atoms with Gasteiger partial charge in [0.15, 0.2) is 0 Å². The fraction of sp³-hybridized carbons (Fsp3) is 0.643. The van der Waals surface area contributed by atoms with E-state index in [2.05, 4.69) is 11.9 Å². The Hall–Kier alpha value is -1.46. The molecular weight excluding hydrogens is 267 g/mol. The molecule has 0 bridgehead atoms. The first kappa shape index (κ1) is 14.9. The summed E-state index contributed by atoms with van der Waals surface area (Å²) in [4.78, 5) is 5.88. The summed E-state index contributed by atoms with van der Waals surface area (Å²) in [6.45, 7) is 2.21. The highest BCUT2D eigenvalue weighted by molar-refractivity contribution is 5.49. The lowest BCUT2D eigenvalue weighted by atomic mass is 9.87. The largest absolute Gasteiger partial charge is 0.416 e. The van der Waals surface area contributed by atoms with Crippen LogP contribution in [-0.2, 0) is 6.18 Å². The number of nitrogens with zero attached hydrogens (tertiary/aromatic N) is 2. The number of hydrogen-bond acceptors (Lipinski definition) is 3. The van der Waals surface area contributed by atoms with Crippen LogP contribution in [0.5, 0.6) is 0 Å². The fourth-order valence-corrected chi connectivity index (χ4v) is 2.70. The third-order valence-corrected chi connectivity index (χ3v) is 4.05. The van der Waals surface area contributed by atoms with Gasteiger partial charge in [-0.3, -0.25) is 0 Å². The van der Waals surface area contributed by atoms with E-state index in [0.717, 1.165) is 37.8 Å². The Morgan fingerprint density at radius 2 is 1.80 bits per heavy atom. The van der Waals surface area contributed by atoms with Gasteiger partial charge in [-0.15, -0.1) is 0 Å². The highest BCUT2D eigenvalue weighted by Crippen LogP contribution is 2.34. The zero-order chi connectivity index (χ0) is 14.9. The van der Waals surface area contributed by atoms with Gasteiger partial charge in [-0.05, 0) is 43.7 Å². The fourth-order valence-electron chi connectivity index (χ4n) is 2.70. The third kappa shape index (κ3) is 3.35. The van der Waals surface area contributed by atoms with Gasteiger partial charge in [-0.1, -0.05) is 6.92 Å². The maximum atomic E-state index is 12.8. The van der Waals surface area contributed by atoms with Crippen LogP contribution in [0.1, 0.15) is 38.2 Å². The maximum absolute atomic E-state index is 12.8. The molecule has 3 nitrogen and oxygen atoms in total. The van der Waals surface area contributed by atoms with Crippen molar-refractivity contribution in [3.05, 3.63) is 17.7 Å². The van der Waals surface area contributed by atoms with Crippen molar-refractivity contribution in [2.24, 2.45) is 5.92 Å². The smallest absolute Gasteiger partial charge is 0.384 e. The van der Waals surface area contributed by atoms with Crippen LogP contribution in [0.25, 0.3) is 0 Å². The van der Waals surface area contributed by atoms with Gasteiger partial charge in [-0.2, -0.15) is 13.2 Å². The molecule has 1 aromatic heterocycles. The van der Waals surface area contributed by atoms with Crippen molar-refractivity contribution >= 4 is 11.6 Å². The lowest BCUT2D eigenvalue weighted by Gasteiger charge is -2.34. The standard InChI is InChI=1S/C14H20F3N3/c1-9-3-5-11(6-4-9)20(2)13-8-10(14(15,16)17)7-12(18)19-13/h7-9,11H,3-6H2,1-2H3,(H2,18,19). The molecule has 6 heteroatoms. The first-order chi connectivity index (χ1) is 9.27. The molecule has 1 heterocycles. The molecule has 112 valence electrons. The molecule has 0 amide bonds. The predicted molar refractivity (Wildman–Crippen MR) is 73.5 cm³/mol. The molecule has 2 N–H and O–H groups in total. The molecule has 0 saturated heterocycles.